The average Bonchev–Trinajstić information content (AvgIpc) is 3.57. The number of hydrogen-bond donors (Lipinski definition) is 0. The minimum atomic E-state index is 0.565. The van der Waals surface area contributed by atoms with Crippen LogP contribution in [0.4, 0.5) is 0 Å². The lowest BCUT2D eigenvalue weighted by molar-refractivity contribution is 0.577. The molecule has 184 valence electrons. The second-order valence-electron chi connectivity index (χ2n) is 9.49. The van der Waals surface area contributed by atoms with E-state index in [4.69, 9.17) is 14.4 Å². The van der Waals surface area contributed by atoms with Crippen molar-refractivity contribution in [3.63, 3.8) is 0 Å². The molecule has 0 fully saturated rings. The molecule has 0 saturated heterocycles. The first-order valence-electron chi connectivity index (χ1n) is 13.0. The number of rotatable bonds is 5. The third kappa shape index (κ3) is 4.51. The summed E-state index contributed by atoms with van der Waals surface area (Å²) in [6.07, 6.45) is 1.65. The van der Waals surface area contributed by atoms with E-state index in [1.807, 2.05) is 18.2 Å². The molecule has 0 aliphatic carbocycles. The molecule has 0 amide bonds. The van der Waals surface area contributed by atoms with Gasteiger partial charge in [-0.15, -0.1) is 0 Å². The molecule has 0 unspecified atom stereocenters. The van der Waals surface area contributed by atoms with Crippen molar-refractivity contribution in [2.75, 3.05) is 0 Å². The summed E-state index contributed by atoms with van der Waals surface area (Å²) in [6, 6.07) is 48.2. The van der Waals surface area contributed by atoms with Gasteiger partial charge in [-0.2, -0.15) is 0 Å². The minimum Gasteiger partial charge on any atom is -0.461 e. The average molecular weight is 501 g/mol. The van der Waals surface area contributed by atoms with Gasteiger partial charge < -0.3 is 4.42 Å². The zero-order valence-electron chi connectivity index (χ0n) is 21.2. The summed E-state index contributed by atoms with van der Waals surface area (Å²) in [4.78, 5) is 9.82. The molecule has 2 aromatic heterocycles. The van der Waals surface area contributed by atoms with Gasteiger partial charge >= 0.3 is 0 Å². The van der Waals surface area contributed by atoms with E-state index in [9.17, 15) is 0 Å². The zero-order chi connectivity index (χ0) is 26.0. The first-order valence-corrected chi connectivity index (χ1v) is 13.0. The van der Waals surface area contributed by atoms with Crippen LogP contribution in [-0.4, -0.2) is 9.97 Å². The van der Waals surface area contributed by atoms with Crippen LogP contribution in [0.5, 0.6) is 0 Å². The van der Waals surface area contributed by atoms with Crippen LogP contribution in [0.2, 0.25) is 0 Å². The fourth-order valence-electron chi connectivity index (χ4n) is 5.05. The highest BCUT2D eigenvalue weighted by Gasteiger charge is 2.13. The summed E-state index contributed by atoms with van der Waals surface area (Å²) in [5.74, 6) is 1.21. The second-order valence-corrected chi connectivity index (χ2v) is 9.49. The predicted octanol–water partition coefficient (Wildman–Crippen LogP) is 9.56. The van der Waals surface area contributed by atoms with Crippen LogP contribution in [0.3, 0.4) is 0 Å². The van der Waals surface area contributed by atoms with Crippen LogP contribution in [0.25, 0.3) is 67.1 Å². The Morgan fingerprint density at radius 2 is 1.08 bits per heavy atom. The van der Waals surface area contributed by atoms with Gasteiger partial charge in [0.05, 0.1) is 17.7 Å². The Hall–Kier alpha value is -5.28. The lowest BCUT2D eigenvalue weighted by Crippen LogP contribution is -1.95. The topological polar surface area (TPSA) is 38.9 Å². The Labute approximate surface area is 227 Å². The van der Waals surface area contributed by atoms with Crippen molar-refractivity contribution in [2.24, 2.45) is 0 Å². The molecule has 7 aromatic rings. The lowest BCUT2D eigenvalue weighted by atomic mass is 9.96. The maximum absolute atomic E-state index is 5.69. The highest BCUT2D eigenvalue weighted by Crippen LogP contribution is 2.33. The van der Waals surface area contributed by atoms with Gasteiger partial charge in [0.15, 0.2) is 11.6 Å². The molecular weight excluding hydrogens is 476 g/mol. The van der Waals surface area contributed by atoms with Gasteiger partial charge in [-0.3, -0.25) is 0 Å². The molecule has 7 rings (SSSR count). The molecule has 2 heterocycles. The largest absolute Gasteiger partial charge is 0.461 e. The van der Waals surface area contributed by atoms with E-state index < -0.39 is 0 Å². The summed E-state index contributed by atoms with van der Waals surface area (Å²) in [5, 5.41) is 2.46. The maximum atomic E-state index is 5.69. The fraction of sp³-hybridized carbons (Fsp3) is 0. The Bertz CT molecular complexity index is 1880. The van der Waals surface area contributed by atoms with Crippen LogP contribution < -0.4 is 0 Å². The SMILES string of the molecule is c1ccc(-c2ccc(-c3cc(-c4cccc(-c5cccc6ccccc56)c4)nc(-c4ccco4)n3)cc2)cc1. The van der Waals surface area contributed by atoms with Gasteiger partial charge in [0.1, 0.15) is 0 Å². The smallest absolute Gasteiger partial charge is 0.196 e. The molecule has 5 aromatic carbocycles. The summed E-state index contributed by atoms with van der Waals surface area (Å²) in [5.41, 5.74) is 8.45. The molecule has 0 radical (unpaired) electrons. The van der Waals surface area contributed by atoms with Crippen LogP contribution >= 0.6 is 0 Å². The number of benzene rings is 5. The molecule has 0 atom stereocenters. The van der Waals surface area contributed by atoms with Gasteiger partial charge in [0, 0.05) is 11.1 Å². The highest BCUT2D eigenvalue weighted by molar-refractivity contribution is 5.97. The molecule has 0 aliphatic heterocycles. The highest BCUT2D eigenvalue weighted by atomic mass is 16.3. The monoisotopic (exact) mass is 500 g/mol. The summed E-state index contributed by atoms with van der Waals surface area (Å²) in [7, 11) is 0. The van der Waals surface area contributed by atoms with Gasteiger partial charge in [-0.05, 0) is 57.3 Å². The van der Waals surface area contributed by atoms with Crippen LogP contribution in [0.15, 0.2) is 150 Å². The Balaban J connectivity index is 1.33. The standard InChI is InChI=1S/C36H24N2O/c1-2-9-25(10-3-1)26-18-20-28(21-19-26)33-24-34(38-36(37-33)35-17-8-22-39-35)30-14-6-13-29(23-30)32-16-7-12-27-11-4-5-15-31(27)32/h1-24H. The van der Waals surface area contributed by atoms with E-state index in [0.29, 0.717) is 11.6 Å². The van der Waals surface area contributed by atoms with Crippen molar-refractivity contribution in [1.29, 1.82) is 0 Å². The van der Waals surface area contributed by atoms with Crippen LogP contribution in [-0.2, 0) is 0 Å². The van der Waals surface area contributed by atoms with Crippen molar-refractivity contribution in [2.45, 2.75) is 0 Å². The second kappa shape index (κ2) is 9.88. The van der Waals surface area contributed by atoms with E-state index in [2.05, 4.69) is 121 Å². The van der Waals surface area contributed by atoms with E-state index >= 15 is 0 Å². The van der Waals surface area contributed by atoms with E-state index in [-0.39, 0.29) is 0 Å². The first kappa shape index (κ1) is 22.9. The minimum absolute atomic E-state index is 0.565. The van der Waals surface area contributed by atoms with Crippen LogP contribution in [0.1, 0.15) is 0 Å². The van der Waals surface area contributed by atoms with Crippen molar-refractivity contribution in [1.82, 2.24) is 9.97 Å². The van der Waals surface area contributed by atoms with Crippen LogP contribution in [0, 0.1) is 0 Å². The number of hydrogen-bond acceptors (Lipinski definition) is 3. The van der Waals surface area contributed by atoms with E-state index in [0.717, 1.165) is 28.1 Å². The Morgan fingerprint density at radius 1 is 0.436 bits per heavy atom. The lowest BCUT2D eigenvalue weighted by Gasteiger charge is -2.11. The summed E-state index contributed by atoms with van der Waals surface area (Å²) >= 11 is 0. The van der Waals surface area contributed by atoms with Gasteiger partial charge in [-0.1, -0.05) is 115 Å². The fourth-order valence-corrected chi connectivity index (χ4v) is 5.05. The molecule has 0 spiro atoms. The molecule has 3 heteroatoms. The molecule has 39 heavy (non-hydrogen) atoms. The molecule has 0 N–H and O–H groups in total. The van der Waals surface area contributed by atoms with Gasteiger partial charge in [-0.25, -0.2) is 9.97 Å². The van der Waals surface area contributed by atoms with Crippen molar-refractivity contribution in [3.8, 4) is 56.4 Å². The molecular formula is C36H24N2O. The van der Waals surface area contributed by atoms with E-state index in [1.165, 1.54) is 27.5 Å². The van der Waals surface area contributed by atoms with Gasteiger partial charge in [0.2, 0.25) is 0 Å². The van der Waals surface area contributed by atoms with Crippen molar-refractivity contribution < 1.29 is 4.42 Å². The number of fused-ring (bicyclic) bond motifs is 1. The zero-order valence-corrected chi connectivity index (χ0v) is 21.2. The summed E-state index contributed by atoms with van der Waals surface area (Å²) < 4.78 is 5.69. The molecule has 0 aliphatic rings. The maximum Gasteiger partial charge on any atom is 0.196 e. The first-order chi connectivity index (χ1) is 19.3. The Morgan fingerprint density at radius 3 is 1.90 bits per heavy atom. The Kier molecular flexibility index (Phi) is 5.80. The van der Waals surface area contributed by atoms with Gasteiger partial charge in [0.25, 0.3) is 0 Å². The normalized spacial score (nSPS) is 11.1. The number of nitrogens with zero attached hydrogens (tertiary/aromatic N) is 2. The number of furan rings is 1. The molecule has 0 bridgehead atoms. The third-order valence-corrected chi connectivity index (χ3v) is 7.01. The molecule has 3 nitrogen and oxygen atoms in total. The van der Waals surface area contributed by atoms with E-state index in [1.54, 1.807) is 6.26 Å². The third-order valence-electron chi connectivity index (χ3n) is 7.01. The van der Waals surface area contributed by atoms with Crippen molar-refractivity contribution >= 4 is 10.8 Å². The predicted molar refractivity (Wildman–Crippen MR) is 159 cm³/mol. The molecule has 0 saturated carbocycles. The summed E-state index contributed by atoms with van der Waals surface area (Å²) in [6.45, 7) is 0. The number of aromatic nitrogens is 2. The quantitative estimate of drug-likeness (QED) is 0.236. The van der Waals surface area contributed by atoms with Crippen molar-refractivity contribution in [3.05, 3.63) is 146 Å².